The minimum atomic E-state index is -5.00. The quantitative estimate of drug-likeness (QED) is 0.868. The molecular formula is C13H9F3O4S. The van der Waals surface area contributed by atoms with Crippen molar-refractivity contribution in [1.82, 2.24) is 0 Å². The molecule has 0 atom stereocenters. The van der Waals surface area contributed by atoms with E-state index >= 15 is 0 Å². The number of carboxylic acid groups (broad SMARTS) is 1. The number of aromatic carboxylic acids is 1. The summed E-state index contributed by atoms with van der Waals surface area (Å²) in [5.41, 5.74) is -0.459. The first-order chi connectivity index (χ1) is 9.69. The Morgan fingerprint density at radius 1 is 1.38 bits per heavy atom. The van der Waals surface area contributed by atoms with Crippen LogP contribution < -0.4 is 4.74 Å². The first-order valence-electron chi connectivity index (χ1n) is 5.44. The van der Waals surface area contributed by atoms with Crippen LogP contribution in [0, 0.1) is 11.8 Å². The van der Waals surface area contributed by atoms with Gasteiger partial charge in [-0.2, -0.15) is 0 Å². The van der Waals surface area contributed by atoms with Gasteiger partial charge in [0.1, 0.15) is 11.3 Å². The van der Waals surface area contributed by atoms with E-state index in [9.17, 15) is 22.8 Å². The van der Waals surface area contributed by atoms with Crippen LogP contribution in [0.5, 0.6) is 5.75 Å². The van der Waals surface area contributed by atoms with Crippen molar-refractivity contribution < 1.29 is 32.6 Å². The van der Waals surface area contributed by atoms with Gasteiger partial charge in [0.25, 0.3) is 0 Å². The highest BCUT2D eigenvalue weighted by Gasteiger charge is 2.33. The Morgan fingerprint density at radius 3 is 2.57 bits per heavy atom. The minimum absolute atomic E-state index is 0.133. The fourth-order valence-corrected chi connectivity index (χ4v) is 1.61. The molecule has 0 bridgehead atoms. The number of halogens is 3. The Hall–Kier alpha value is -2.14. The number of rotatable bonds is 3. The van der Waals surface area contributed by atoms with Crippen molar-refractivity contribution in [1.29, 1.82) is 0 Å². The molecule has 21 heavy (non-hydrogen) atoms. The average molecular weight is 318 g/mol. The van der Waals surface area contributed by atoms with Gasteiger partial charge in [0, 0.05) is 12.5 Å². The van der Waals surface area contributed by atoms with Crippen molar-refractivity contribution in [3.05, 3.63) is 29.3 Å². The Kier molecular flexibility index (Phi) is 5.67. The van der Waals surface area contributed by atoms with Crippen LogP contribution in [-0.2, 0) is 4.79 Å². The molecule has 0 saturated carbocycles. The summed E-state index contributed by atoms with van der Waals surface area (Å²) in [5, 5.41) is 8.67. The van der Waals surface area contributed by atoms with Crippen molar-refractivity contribution in [2.75, 3.05) is 5.75 Å². The second-order valence-corrected chi connectivity index (χ2v) is 4.80. The number of thioether (sulfide) groups is 1. The molecule has 0 radical (unpaired) electrons. The van der Waals surface area contributed by atoms with Gasteiger partial charge in [-0.1, -0.05) is 23.6 Å². The van der Waals surface area contributed by atoms with Crippen LogP contribution in [0.25, 0.3) is 0 Å². The highest BCUT2D eigenvalue weighted by atomic mass is 32.2. The molecule has 0 heterocycles. The summed E-state index contributed by atoms with van der Waals surface area (Å²) in [6, 6.07) is 3.13. The standard InChI is InChI=1S/C13H9F3O4S/c1-8(17)21-6-2-3-9-4-5-10(12(18)19)11(7-9)20-13(14,15)16/h4-5,7H,6H2,1H3,(H,18,19). The number of carboxylic acids is 1. The van der Waals surface area contributed by atoms with Crippen molar-refractivity contribution in [2.45, 2.75) is 13.3 Å². The molecule has 0 spiro atoms. The number of carbonyl (C=O) groups excluding carboxylic acids is 1. The largest absolute Gasteiger partial charge is 0.573 e. The number of alkyl halides is 3. The lowest BCUT2D eigenvalue weighted by atomic mass is 10.1. The maximum absolute atomic E-state index is 12.2. The van der Waals surface area contributed by atoms with Crippen molar-refractivity contribution in [2.24, 2.45) is 0 Å². The summed E-state index contributed by atoms with van der Waals surface area (Å²) in [6.07, 6.45) is -5.00. The van der Waals surface area contributed by atoms with Gasteiger partial charge >= 0.3 is 12.3 Å². The molecule has 0 aliphatic rings. The molecule has 0 amide bonds. The average Bonchev–Trinajstić information content (AvgIpc) is 2.32. The Morgan fingerprint density at radius 2 is 2.05 bits per heavy atom. The van der Waals surface area contributed by atoms with Crippen molar-refractivity contribution in [3.63, 3.8) is 0 Å². The molecule has 4 nitrogen and oxygen atoms in total. The summed E-state index contributed by atoms with van der Waals surface area (Å²) >= 11 is 0.955. The molecule has 0 aromatic heterocycles. The van der Waals surface area contributed by atoms with Crippen molar-refractivity contribution >= 4 is 22.8 Å². The van der Waals surface area contributed by atoms with Crippen LogP contribution in [0.15, 0.2) is 18.2 Å². The van der Waals surface area contributed by atoms with Crippen LogP contribution in [0.4, 0.5) is 13.2 Å². The van der Waals surface area contributed by atoms with E-state index in [1.807, 2.05) is 0 Å². The maximum atomic E-state index is 12.2. The molecule has 1 aromatic carbocycles. The van der Waals surface area contributed by atoms with E-state index in [1.54, 1.807) is 0 Å². The van der Waals surface area contributed by atoms with Crippen LogP contribution in [0.2, 0.25) is 0 Å². The topological polar surface area (TPSA) is 63.6 Å². The lowest BCUT2D eigenvalue weighted by Crippen LogP contribution is -2.19. The second kappa shape index (κ2) is 7.04. The lowest BCUT2D eigenvalue weighted by Gasteiger charge is -2.11. The molecule has 0 aliphatic carbocycles. The van der Waals surface area contributed by atoms with E-state index in [0.717, 1.165) is 23.9 Å². The summed E-state index contributed by atoms with van der Waals surface area (Å²) < 4.78 is 40.3. The summed E-state index contributed by atoms with van der Waals surface area (Å²) in [6.45, 7) is 1.36. The zero-order valence-corrected chi connectivity index (χ0v) is 11.5. The predicted octanol–water partition coefficient (Wildman–Crippen LogP) is 2.91. The summed E-state index contributed by atoms with van der Waals surface area (Å²) in [5.74, 6) is 2.92. The van der Waals surface area contributed by atoms with Gasteiger partial charge in [-0.05, 0) is 18.2 Å². The normalized spacial score (nSPS) is 10.5. The zero-order chi connectivity index (χ0) is 16.0. The highest BCUT2D eigenvalue weighted by molar-refractivity contribution is 8.13. The minimum Gasteiger partial charge on any atom is -0.478 e. The van der Waals surface area contributed by atoms with E-state index in [4.69, 9.17) is 5.11 Å². The zero-order valence-electron chi connectivity index (χ0n) is 10.7. The van der Waals surface area contributed by atoms with E-state index < -0.39 is 23.6 Å². The van der Waals surface area contributed by atoms with Crippen LogP contribution in [-0.4, -0.2) is 28.3 Å². The van der Waals surface area contributed by atoms with E-state index in [-0.39, 0.29) is 16.4 Å². The molecule has 0 unspecified atom stereocenters. The fraction of sp³-hybridized carbons (Fsp3) is 0.231. The third-order valence-corrected chi connectivity index (χ3v) is 2.71. The predicted molar refractivity (Wildman–Crippen MR) is 70.1 cm³/mol. The third kappa shape index (κ3) is 6.23. The van der Waals surface area contributed by atoms with Crippen LogP contribution >= 0.6 is 11.8 Å². The molecule has 1 N–H and O–H groups in total. The van der Waals surface area contributed by atoms with Crippen LogP contribution in [0.3, 0.4) is 0 Å². The van der Waals surface area contributed by atoms with Crippen LogP contribution in [0.1, 0.15) is 22.8 Å². The van der Waals surface area contributed by atoms with Gasteiger partial charge in [0.15, 0.2) is 5.12 Å². The van der Waals surface area contributed by atoms with Crippen molar-refractivity contribution in [3.8, 4) is 17.6 Å². The SMILES string of the molecule is CC(=O)SCC#Cc1ccc(C(=O)O)c(OC(F)(F)F)c1. The number of ether oxygens (including phenoxy) is 1. The van der Waals surface area contributed by atoms with Gasteiger partial charge in [0.2, 0.25) is 0 Å². The smallest absolute Gasteiger partial charge is 0.478 e. The van der Waals surface area contributed by atoms with Gasteiger partial charge in [-0.25, -0.2) is 4.79 Å². The molecule has 1 rings (SSSR count). The monoisotopic (exact) mass is 318 g/mol. The molecule has 0 aliphatic heterocycles. The summed E-state index contributed by atoms with van der Waals surface area (Å²) in [7, 11) is 0. The molecular weight excluding hydrogens is 309 g/mol. The molecule has 8 heteroatoms. The molecule has 1 aromatic rings. The van der Waals surface area contributed by atoms with Gasteiger partial charge in [0.05, 0.1) is 5.75 Å². The number of hydrogen-bond acceptors (Lipinski definition) is 4. The number of carbonyl (C=O) groups is 2. The Labute approximate surface area is 122 Å². The number of hydrogen-bond donors (Lipinski definition) is 1. The lowest BCUT2D eigenvalue weighted by molar-refractivity contribution is -0.274. The molecule has 0 fully saturated rings. The first kappa shape index (κ1) is 16.9. The first-order valence-corrected chi connectivity index (χ1v) is 6.43. The van der Waals surface area contributed by atoms with Gasteiger partial charge in [-0.15, -0.1) is 13.2 Å². The fourth-order valence-electron chi connectivity index (χ4n) is 1.26. The van der Waals surface area contributed by atoms with Gasteiger partial charge < -0.3 is 9.84 Å². The summed E-state index contributed by atoms with van der Waals surface area (Å²) in [4.78, 5) is 21.5. The maximum Gasteiger partial charge on any atom is 0.573 e. The Balaban J connectivity index is 3.01. The second-order valence-electron chi connectivity index (χ2n) is 3.65. The van der Waals surface area contributed by atoms with E-state index in [0.29, 0.717) is 0 Å². The highest BCUT2D eigenvalue weighted by Crippen LogP contribution is 2.27. The molecule has 0 saturated heterocycles. The molecule has 112 valence electrons. The van der Waals surface area contributed by atoms with E-state index in [2.05, 4.69) is 16.6 Å². The third-order valence-electron chi connectivity index (χ3n) is 2.02. The Bertz CT molecular complexity index is 614. The van der Waals surface area contributed by atoms with E-state index in [1.165, 1.54) is 13.0 Å². The number of benzene rings is 1. The van der Waals surface area contributed by atoms with Gasteiger partial charge in [-0.3, -0.25) is 4.79 Å².